The lowest BCUT2D eigenvalue weighted by Gasteiger charge is -2.30. The van der Waals surface area contributed by atoms with E-state index in [4.69, 9.17) is 11.6 Å². The summed E-state index contributed by atoms with van der Waals surface area (Å²) in [6.45, 7) is 2.21. The number of hydrogen-bond acceptors (Lipinski definition) is 2. The molecule has 27 heavy (non-hydrogen) atoms. The number of nitrogens with one attached hydrogen (secondary N) is 1. The van der Waals surface area contributed by atoms with Crippen LogP contribution in [0, 0.1) is 5.82 Å². The number of halogens is 2. The first-order valence-corrected chi connectivity index (χ1v) is 9.33. The average Bonchev–Trinajstić information content (AvgIpc) is 2.68. The first-order valence-electron chi connectivity index (χ1n) is 8.95. The van der Waals surface area contributed by atoms with Gasteiger partial charge >= 0.3 is 0 Å². The first kappa shape index (κ1) is 20.9. The molecule has 2 amide bonds. The molecule has 0 fully saturated rings. The number of hydrogen-bond donors (Lipinski definition) is 1. The number of nitrogens with zero attached hydrogens (tertiary/aromatic N) is 1. The molecule has 2 aromatic carbocycles. The van der Waals surface area contributed by atoms with Crippen molar-refractivity contribution in [1.82, 2.24) is 10.2 Å². The molecule has 144 valence electrons. The van der Waals surface area contributed by atoms with Gasteiger partial charge in [-0.2, -0.15) is 0 Å². The third-order valence-electron chi connectivity index (χ3n) is 4.51. The van der Waals surface area contributed by atoms with E-state index in [0.29, 0.717) is 19.4 Å². The van der Waals surface area contributed by atoms with Crippen molar-refractivity contribution in [3.63, 3.8) is 0 Å². The minimum atomic E-state index is -0.614. The molecule has 1 atom stereocenters. The third kappa shape index (κ3) is 5.54. The largest absolute Gasteiger partial charge is 0.357 e. The Bertz CT molecular complexity index is 763. The summed E-state index contributed by atoms with van der Waals surface area (Å²) in [5, 5.41) is 2.81. The SMILES string of the molecule is CCC(C(=O)NC)N(CCc1ccccc1)C(=O)Cc1c(F)cccc1Cl. The van der Waals surface area contributed by atoms with E-state index in [-0.39, 0.29) is 28.8 Å². The Morgan fingerprint density at radius 2 is 1.85 bits per heavy atom. The minimum Gasteiger partial charge on any atom is -0.357 e. The number of carbonyl (C=O) groups is 2. The molecule has 6 heteroatoms. The van der Waals surface area contributed by atoms with Gasteiger partial charge in [0.2, 0.25) is 11.8 Å². The fourth-order valence-corrected chi connectivity index (χ4v) is 3.25. The van der Waals surface area contributed by atoms with Crippen LogP contribution in [0.15, 0.2) is 48.5 Å². The summed E-state index contributed by atoms with van der Waals surface area (Å²) < 4.78 is 14.1. The summed E-state index contributed by atoms with van der Waals surface area (Å²) in [6.07, 6.45) is 0.879. The van der Waals surface area contributed by atoms with Crippen LogP contribution >= 0.6 is 11.6 Å². The van der Waals surface area contributed by atoms with Gasteiger partial charge in [-0.1, -0.05) is 54.9 Å². The molecule has 0 saturated heterocycles. The molecule has 0 aromatic heterocycles. The molecular weight excluding hydrogens is 367 g/mol. The van der Waals surface area contributed by atoms with Gasteiger partial charge in [-0.25, -0.2) is 4.39 Å². The molecule has 1 N–H and O–H groups in total. The summed E-state index contributed by atoms with van der Waals surface area (Å²) in [7, 11) is 1.54. The maximum absolute atomic E-state index is 14.1. The molecule has 0 radical (unpaired) electrons. The summed E-state index contributed by atoms with van der Waals surface area (Å²) >= 11 is 6.06. The van der Waals surface area contributed by atoms with Crippen molar-refractivity contribution in [3.05, 3.63) is 70.5 Å². The molecule has 0 aliphatic heterocycles. The van der Waals surface area contributed by atoms with E-state index in [0.717, 1.165) is 5.56 Å². The highest BCUT2D eigenvalue weighted by molar-refractivity contribution is 6.31. The molecule has 0 bridgehead atoms. The van der Waals surface area contributed by atoms with Crippen molar-refractivity contribution in [2.24, 2.45) is 0 Å². The number of carbonyl (C=O) groups excluding carboxylic acids is 2. The zero-order chi connectivity index (χ0) is 19.8. The van der Waals surface area contributed by atoms with Crippen LogP contribution < -0.4 is 5.32 Å². The predicted molar refractivity (Wildman–Crippen MR) is 105 cm³/mol. The smallest absolute Gasteiger partial charge is 0.242 e. The Morgan fingerprint density at radius 3 is 2.44 bits per heavy atom. The van der Waals surface area contributed by atoms with Crippen LogP contribution in [0.3, 0.4) is 0 Å². The van der Waals surface area contributed by atoms with Crippen molar-refractivity contribution < 1.29 is 14.0 Å². The van der Waals surface area contributed by atoms with Gasteiger partial charge in [0.1, 0.15) is 11.9 Å². The van der Waals surface area contributed by atoms with Crippen molar-refractivity contribution in [3.8, 4) is 0 Å². The van der Waals surface area contributed by atoms with E-state index in [1.165, 1.54) is 17.0 Å². The summed E-state index contributed by atoms with van der Waals surface area (Å²) in [5.74, 6) is -1.08. The van der Waals surface area contributed by atoms with E-state index in [2.05, 4.69) is 5.32 Å². The molecule has 0 heterocycles. The number of amides is 2. The van der Waals surface area contributed by atoms with Crippen LogP contribution in [0.5, 0.6) is 0 Å². The average molecular weight is 391 g/mol. The lowest BCUT2D eigenvalue weighted by atomic mass is 10.1. The molecule has 0 saturated carbocycles. The number of rotatable bonds is 8. The van der Waals surface area contributed by atoms with Gasteiger partial charge in [0, 0.05) is 24.2 Å². The van der Waals surface area contributed by atoms with Crippen molar-refractivity contribution in [1.29, 1.82) is 0 Å². The summed E-state index contributed by atoms with van der Waals surface area (Å²) in [4.78, 5) is 26.8. The van der Waals surface area contributed by atoms with Crippen molar-refractivity contribution in [2.75, 3.05) is 13.6 Å². The van der Waals surface area contributed by atoms with Gasteiger partial charge in [-0.15, -0.1) is 0 Å². The molecule has 0 aliphatic carbocycles. The maximum Gasteiger partial charge on any atom is 0.242 e. The van der Waals surface area contributed by atoms with Crippen LogP contribution in [0.4, 0.5) is 4.39 Å². The monoisotopic (exact) mass is 390 g/mol. The van der Waals surface area contributed by atoms with Crippen molar-refractivity contribution >= 4 is 23.4 Å². The van der Waals surface area contributed by atoms with Gasteiger partial charge in [-0.3, -0.25) is 9.59 Å². The predicted octanol–water partition coefficient (Wildman–Crippen LogP) is 3.62. The van der Waals surface area contributed by atoms with E-state index in [9.17, 15) is 14.0 Å². The van der Waals surface area contributed by atoms with Gasteiger partial charge in [0.15, 0.2) is 0 Å². The second-order valence-corrected chi connectivity index (χ2v) is 6.65. The lowest BCUT2D eigenvalue weighted by Crippen LogP contribution is -2.50. The van der Waals surface area contributed by atoms with Crippen LogP contribution in [0.25, 0.3) is 0 Å². The third-order valence-corrected chi connectivity index (χ3v) is 4.86. The fourth-order valence-electron chi connectivity index (χ4n) is 3.02. The Morgan fingerprint density at radius 1 is 1.15 bits per heavy atom. The second-order valence-electron chi connectivity index (χ2n) is 6.24. The zero-order valence-electron chi connectivity index (χ0n) is 15.5. The standard InChI is InChI=1S/C21H24ClFN2O2/c1-3-19(21(27)24-2)25(13-12-15-8-5-4-6-9-15)20(26)14-16-17(22)10-7-11-18(16)23/h4-11,19H,3,12-14H2,1-2H3,(H,24,27). The maximum atomic E-state index is 14.1. The number of benzene rings is 2. The highest BCUT2D eigenvalue weighted by Gasteiger charge is 2.28. The number of likely N-dealkylation sites (N-methyl/N-ethyl adjacent to an activating group) is 1. The van der Waals surface area contributed by atoms with Crippen LogP contribution in [0.1, 0.15) is 24.5 Å². The summed E-state index contributed by atoms with van der Waals surface area (Å²) in [6, 6.07) is 13.4. The molecule has 0 spiro atoms. The van der Waals surface area contributed by atoms with Gasteiger partial charge in [-0.05, 0) is 30.5 Å². The topological polar surface area (TPSA) is 49.4 Å². The highest BCUT2D eigenvalue weighted by Crippen LogP contribution is 2.21. The molecular formula is C21H24ClFN2O2. The normalized spacial score (nSPS) is 11.7. The van der Waals surface area contributed by atoms with E-state index in [1.54, 1.807) is 13.1 Å². The summed E-state index contributed by atoms with van der Waals surface area (Å²) in [5.41, 5.74) is 1.21. The second kappa shape index (κ2) is 10.1. The Balaban J connectivity index is 2.24. The molecule has 2 aromatic rings. The quantitative estimate of drug-likeness (QED) is 0.748. The van der Waals surface area contributed by atoms with Crippen LogP contribution in [-0.4, -0.2) is 36.3 Å². The van der Waals surface area contributed by atoms with Crippen molar-refractivity contribution in [2.45, 2.75) is 32.2 Å². The first-order chi connectivity index (χ1) is 13.0. The molecule has 1 unspecified atom stereocenters. The van der Waals surface area contributed by atoms with Gasteiger partial charge < -0.3 is 10.2 Å². The molecule has 0 aliphatic rings. The van der Waals surface area contributed by atoms with Gasteiger partial charge in [0.25, 0.3) is 0 Å². The lowest BCUT2D eigenvalue weighted by molar-refractivity contribution is -0.140. The molecule has 2 rings (SSSR count). The van der Waals surface area contributed by atoms with E-state index in [1.807, 2.05) is 37.3 Å². The fraction of sp³-hybridized carbons (Fsp3) is 0.333. The van der Waals surface area contributed by atoms with E-state index < -0.39 is 11.9 Å². The Kier molecular flexibility index (Phi) is 7.80. The van der Waals surface area contributed by atoms with E-state index >= 15 is 0 Å². The van der Waals surface area contributed by atoms with Gasteiger partial charge in [0.05, 0.1) is 6.42 Å². The molecule has 4 nitrogen and oxygen atoms in total. The van der Waals surface area contributed by atoms with Crippen LogP contribution in [-0.2, 0) is 22.4 Å². The highest BCUT2D eigenvalue weighted by atomic mass is 35.5. The Labute approximate surface area is 164 Å². The minimum absolute atomic E-state index is 0.153. The van der Waals surface area contributed by atoms with Crippen LogP contribution in [0.2, 0.25) is 5.02 Å². The zero-order valence-corrected chi connectivity index (χ0v) is 16.3. The Hall–Kier alpha value is -2.40.